The molecule has 1 aromatic heterocycles. The molecule has 6 heteroatoms. The predicted molar refractivity (Wildman–Crippen MR) is 147 cm³/mol. The van der Waals surface area contributed by atoms with E-state index in [0.29, 0.717) is 19.4 Å². The molecule has 0 saturated heterocycles. The Morgan fingerprint density at radius 1 is 0.865 bits per heavy atom. The van der Waals surface area contributed by atoms with Crippen molar-refractivity contribution in [1.82, 2.24) is 9.97 Å². The number of nitrogens with zero attached hydrogens (tertiary/aromatic N) is 3. The third-order valence-electron chi connectivity index (χ3n) is 7.41. The minimum Gasteiger partial charge on any atom is -0.512 e. The second-order valence-electron chi connectivity index (χ2n) is 10.5. The van der Waals surface area contributed by atoms with E-state index in [4.69, 9.17) is 9.97 Å². The zero-order valence-electron chi connectivity index (χ0n) is 21.7. The van der Waals surface area contributed by atoms with Gasteiger partial charge in [0, 0.05) is 49.1 Å². The van der Waals surface area contributed by atoms with Crippen molar-refractivity contribution in [3.63, 3.8) is 0 Å². The van der Waals surface area contributed by atoms with E-state index in [-0.39, 0.29) is 17.5 Å². The summed E-state index contributed by atoms with van der Waals surface area (Å²) in [5.41, 5.74) is 6.98. The largest absolute Gasteiger partial charge is 0.512 e. The molecule has 2 N–H and O–H groups in total. The zero-order chi connectivity index (χ0) is 25.9. The first-order valence-corrected chi connectivity index (χ1v) is 13.3. The van der Waals surface area contributed by atoms with Crippen LogP contribution in [0.3, 0.4) is 0 Å². The number of carbonyl (C=O) groups is 1. The lowest BCUT2D eigenvalue weighted by molar-refractivity contribution is -0.114. The standard InChI is InChI=1S/C31H35N3O3/c1-20-7-11-22(12-8-20)29-30(23-13-9-21(2)10-14-23)33-31-27(32-29)17-26(36)19-34(31)15-5-3-4-6-24-16-25(35)18-28(24)37/h7-14,18,24,26,36-37H,3-6,15-17,19H2,1-2H3. The van der Waals surface area contributed by atoms with Crippen LogP contribution in [0.2, 0.25) is 0 Å². The Bertz CT molecular complexity index is 1300. The Balaban J connectivity index is 1.38. The van der Waals surface area contributed by atoms with Crippen LogP contribution in [0.1, 0.15) is 48.9 Å². The van der Waals surface area contributed by atoms with E-state index < -0.39 is 6.10 Å². The third kappa shape index (κ3) is 5.75. The molecule has 2 heterocycles. The summed E-state index contributed by atoms with van der Waals surface area (Å²) in [6, 6.07) is 16.8. The van der Waals surface area contributed by atoms with E-state index in [1.54, 1.807) is 0 Å². The highest BCUT2D eigenvalue weighted by molar-refractivity contribution is 5.92. The van der Waals surface area contributed by atoms with E-state index in [2.05, 4.69) is 67.3 Å². The van der Waals surface area contributed by atoms with Crippen LogP contribution in [0.25, 0.3) is 22.5 Å². The second kappa shape index (κ2) is 10.9. The summed E-state index contributed by atoms with van der Waals surface area (Å²) < 4.78 is 0. The summed E-state index contributed by atoms with van der Waals surface area (Å²) in [5, 5.41) is 20.6. The quantitative estimate of drug-likeness (QED) is 0.386. The van der Waals surface area contributed by atoms with Gasteiger partial charge in [0.15, 0.2) is 11.6 Å². The van der Waals surface area contributed by atoms with Gasteiger partial charge in [-0.05, 0) is 26.7 Å². The number of β-amino-alcohol motifs (C(OH)–C–C–N with tert-alkyl or cyclic N) is 1. The summed E-state index contributed by atoms with van der Waals surface area (Å²) in [6.45, 7) is 5.47. The normalized spacial score (nSPS) is 19.2. The van der Waals surface area contributed by atoms with Gasteiger partial charge in [-0.2, -0.15) is 0 Å². The highest BCUT2D eigenvalue weighted by atomic mass is 16.3. The van der Waals surface area contributed by atoms with E-state index in [1.807, 2.05) is 0 Å². The molecule has 192 valence electrons. The molecular formula is C31H35N3O3. The molecule has 2 atom stereocenters. The maximum atomic E-state index is 11.5. The minimum atomic E-state index is -0.482. The maximum Gasteiger partial charge on any atom is 0.159 e. The van der Waals surface area contributed by atoms with Crippen LogP contribution in [0.4, 0.5) is 5.82 Å². The van der Waals surface area contributed by atoms with Crippen LogP contribution in [0, 0.1) is 19.8 Å². The Kier molecular flexibility index (Phi) is 7.38. The van der Waals surface area contributed by atoms with Gasteiger partial charge < -0.3 is 15.1 Å². The number of carbonyl (C=O) groups excluding carboxylic acids is 1. The van der Waals surface area contributed by atoms with E-state index in [1.165, 1.54) is 17.2 Å². The molecule has 2 aliphatic rings. The Hall–Kier alpha value is -3.51. The Morgan fingerprint density at radius 3 is 2.08 bits per heavy atom. The Morgan fingerprint density at radius 2 is 1.49 bits per heavy atom. The highest BCUT2D eigenvalue weighted by Gasteiger charge is 2.28. The van der Waals surface area contributed by atoms with Gasteiger partial charge >= 0.3 is 0 Å². The molecule has 0 radical (unpaired) electrons. The second-order valence-corrected chi connectivity index (χ2v) is 10.5. The SMILES string of the molecule is Cc1ccc(-c2nc3c(nc2-c2ccc(C)cc2)N(CCCCCC2CC(=O)C=C2O)CC(O)C3)cc1. The average molecular weight is 498 g/mol. The number of aliphatic hydroxyl groups is 2. The van der Waals surface area contributed by atoms with Crippen molar-refractivity contribution < 1.29 is 15.0 Å². The Labute approximate surface area is 218 Å². The van der Waals surface area contributed by atoms with Crippen molar-refractivity contribution in [1.29, 1.82) is 0 Å². The first-order chi connectivity index (χ1) is 17.9. The van der Waals surface area contributed by atoms with Crippen molar-refractivity contribution in [2.24, 2.45) is 5.92 Å². The fourth-order valence-electron chi connectivity index (χ4n) is 5.31. The molecular weight excluding hydrogens is 462 g/mol. The summed E-state index contributed by atoms with van der Waals surface area (Å²) in [7, 11) is 0. The number of aromatic nitrogens is 2. The first-order valence-electron chi connectivity index (χ1n) is 13.3. The summed E-state index contributed by atoms with van der Waals surface area (Å²) in [5.74, 6) is 1.10. The van der Waals surface area contributed by atoms with Gasteiger partial charge in [0.2, 0.25) is 0 Å². The number of benzene rings is 2. The summed E-state index contributed by atoms with van der Waals surface area (Å²) in [4.78, 5) is 24.0. The average Bonchev–Trinajstić information content (AvgIpc) is 3.20. The van der Waals surface area contributed by atoms with Gasteiger partial charge in [-0.1, -0.05) is 72.5 Å². The smallest absolute Gasteiger partial charge is 0.159 e. The zero-order valence-corrected chi connectivity index (χ0v) is 21.7. The van der Waals surface area contributed by atoms with Crippen molar-refractivity contribution in [3.05, 3.63) is 77.2 Å². The van der Waals surface area contributed by atoms with Crippen molar-refractivity contribution in [2.75, 3.05) is 18.0 Å². The number of anilines is 1. The number of hydrogen-bond acceptors (Lipinski definition) is 6. The molecule has 0 amide bonds. The number of allylic oxidation sites excluding steroid dienone is 2. The van der Waals surface area contributed by atoms with E-state index in [9.17, 15) is 15.0 Å². The van der Waals surface area contributed by atoms with Gasteiger partial charge in [0.05, 0.1) is 28.9 Å². The van der Waals surface area contributed by atoms with E-state index >= 15 is 0 Å². The molecule has 37 heavy (non-hydrogen) atoms. The van der Waals surface area contributed by atoms with Crippen LogP contribution in [-0.4, -0.2) is 45.2 Å². The molecule has 0 saturated carbocycles. The number of ketones is 1. The van der Waals surface area contributed by atoms with Crippen LogP contribution in [0.15, 0.2) is 60.4 Å². The fourth-order valence-corrected chi connectivity index (χ4v) is 5.31. The van der Waals surface area contributed by atoms with Gasteiger partial charge in [0.1, 0.15) is 0 Å². The molecule has 0 spiro atoms. The van der Waals surface area contributed by atoms with Gasteiger partial charge in [-0.15, -0.1) is 0 Å². The van der Waals surface area contributed by atoms with Crippen molar-refractivity contribution >= 4 is 11.6 Å². The molecule has 1 aliphatic carbocycles. The topological polar surface area (TPSA) is 86.6 Å². The van der Waals surface area contributed by atoms with Crippen LogP contribution < -0.4 is 4.90 Å². The molecule has 0 fully saturated rings. The lowest BCUT2D eigenvalue weighted by Crippen LogP contribution is -2.40. The molecule has 2 unspecified atom stereocenters. The highest BCUT2D eigenvalue weighted by Crippen LogP contribution is 2.35. The molecule has 6 nitrogen and oxygen atoms in total. The monoisotopic (exact) mass is 497 g/mol. The van der Waals surface area contributed by atoms with Crippen molar-refractivity contribution in [2.45, 2.75) is 58.5 Å². The van der Waals surface area contributed by atoms with Gasteiger partial charge in [0.25, 0.3) is 0 Å². The minimum absolute atomic E-state index is 0.0202. The summed E-state index contributed by atoms with van der Waals surface area (Å²) in [6.07, 6.45) is 5.51. The number of aryl methyl sites for hydroxylation is 2. The number of hydrogen-bond donors (Lipinski definition) is 2. The van der Waals surface area contributed by atoms with Crippen LogP contribution >= 0.6 is 0 Å². The number of unbranched alkanes of at least 4 members (excludes halogenated alkanes) is 2. The predicted octanol–water partition coefficient (Wildman–Crippen LogP) is 5.74. The number of rotatable bonds is 8. The number of fused-ring (bicyclic) bond motifs is 1. The maximum absolute atomic E-state index is 11.5. The molecule has 3 aromatic rings. The van der Waals surface area contributed by atoms with Crippen LogP contribution in [-0.2, 0) is 11.2 Å². The number of aliphatic hydroxyl groups excluding tert-OH is 2. The lowest BCUT2D eigenvalue weighted by atomic mass is 9.99. The molecule has 2 aromatic carbocycles. The van der Waals surface area contributed by atoms with Gasteiger partial charge in [-0.3, -0.25) is 4.79 Å². The fraction of sp³-hybridized carbons (Fsp3) is 0.387. The first kappa shape index (κ1) is 25.2. The lowest BCUT2D eigenvalue weighted by Gasteiger charge is -2.33. The molecule has 5 rings (SSSR count). The third-order valence-corrected chi connectivity index (χ3v) is 7.41. The van der Waals surface area contributed by atoms with Crippen molar-refractivity contribution in [3.8, 4) is 22.5 Å². The summed E-state index contributed by atoms with van der Waals surface area (Å²) >= 11 is 0. The molecule has 1 aliphatic heterocycles. The van der Waals surface area contributed by atoms with Crippen LogP contribution in [0.5, 0.6) is 0 Å². The van der Waals surface area contributed by atoms with Gasteiger partial charge in [-0.25, -0.2) is 9.97 Å². The van der Waals surface area contributed by atoms with E-state index in [0.717, 1.165) is 66.3 Å². The molecule has 0 bridgehead atoms.